The van der Waals surface area contributed by atoms with Gasteiger partial charge in [0.1, 0.15) is 5.75 Å². The van der Waals surface area contributed by atoms with Crippen molar-refractivity contribution in [1.82, 2.24) is 0 Å². The van der Waals surface area contributed by atoms with Crippen LogP contribution in [0.25, 0.3) is 0 Å². The number of methoxy groups -OCH3 is 1. The van der Waals surface area contributed by atoms with Crippen LogP contribution in [0.5, 0.6) is 5.75 Å². The van der Waals surface area contributed by atoms with Crippen molar-refractivity contribution < 1.29 is 9.66 Å². The predicted molar refractivity (Wildman–Crippen MR) is 72.4 cm³/mol. The molecule has 0 fully saturated rings. The Kier molecular flexibility index (Phi) is 3.63. The third-order valence-corrected chi connectivity index (χ3v) is 2.69. The van der Waals surface area contributed by atoms with Crippen LogP contribution >= 0.6 is 0 Å². The normalized spacial score (nSPS) is 10.0. The summed E-state index contributed by atoms with van der Waals surface area (Å²) < 4.78 is 5.06. The van der Waals surface area contributed by atoms with E-state index in [1.165, 1.54) is 17.1 Å². The number of nitrogens with two attached hydrogens (primary N) is 1. The van der Waals surface area contributed by atoms with Crippen LogP contribution in [0.15, 0.2) is 48.5 Å². The smallest absolute Gasteiger partial charge is 0.269 e. The number of benzene rings is 2. The van der Waals surface area contributed by atoms with Gasteiger partial charge in [-0.15, -0.1) is 0 Å². The Balaban J connectivity index is 2.22. The lowest BCUT2D eigenvalue weighted by molar-refractivity contribution is -0.384. The number of hydrogen-bond acceptors (Lipinski definition) is 5. The van der Waals surface area contributed by atoms with Crippen molar-refractivity contribution in [3.05, 3.63) is 58.6 Å². The highest BCUT2D eigenvalue weighted by molar-refractivity contribution is 5.63. The Morgan fingerprint density at radius 3 is 1.95 bits per heavy atom. The Morgan fingerprint density at radius 1 is 1.05 bits per heavy atom. The zero-order chi connectivity index (χ0) is 13.8. The summed E-state index contributed by atoms with van der Waals surface area (Å²) in [6.07, 6.45) is 0. The molecular weight excluding hydrogens is 246 g/mol. The van der Waals surface area contributed by atoms with Gasteiger partial charge in [0.15, 0.2) is 0 Å². The summed E-state index contributed by atoms with van der Waals surface area (Å²) in [6, 6.07) is 13.2. The van der Waals surface area contributed by atoms with Crippen LogP contribution in [0.3, 0.4) is 0 Å². The van der Waals surface area contributed by atoms with E-state index in [9.17, 15) is 10.1 Å². The van der Waals surface area contributed by atoms with Gasteiger partial charge in [-0.1, -0.05) is 0 Å². The van der Waals surface area contributed by atoms with Crippen molar-refractivity contribution in [3.8, 4) is 5.75 Å². The molecule has 0 aliphatic rings. The molecule has 0 aliphatic carbocycles. The molecule has 0 spiro atoms. The van der Waals surface area contributed by atoms with Gasteiger partial charge >= 0.3 is 0 Å². The zero-order valence-electron chi connectivity index (χ0n) is 10.3. The van der Waals surface area contributed by atoms with Gasteiger partial charge in [-0.2, -0.15) is 0 Å². The molecule has 0 atom stereocenters. The molecule has 0 heterocycles. The molecule has 19 heavy (non-hydrogen) atoms. The maximum Gasteiger partial charge on any atom is 0.269 e. The molecule has 0 saturated carbocycles. The number of ether oxygens (including phenoxy) is 1. The molecule has 0 bridgehead atoms. The second-order valence-corrected chi connectivity index (χ2v) is 3.84. The molecule has 2 rings (SSSR count). The molecule has 6 heteroatoms. The van der Waals surface area contributed by atoms with E-state index in [-0.39, 0.29) is 5.69 Å². The van der Waals surface area contributed by atoms with Crippen LogP contribution < -0.4 is 15.6 Å². The number of hydrazine groups is 1. The fourth-order valence-electron chi connectivity index (χ4n) is 1.63. The largest absolute Gasteiger partial charge is 0.497 e. The molecular formula is C13H13N3O3. The number of nitrogens with zero attached hydrogens (tertiary/aromatic N) is 2. The molecule has 0 aliphatic heterocycles. The van der Waals surface area contributed by atoms with E-state index in [4.69, 9.17) is 10.6 Å². The molecule has 6 nitrogen and oxygen atoms in total. The van der Waals surface area contributed by atoms with Crippen molar-refractivity contribution in [2.75, 3.05) is 12.1 Å². The zero-order valence-corrected chi connectivity index (χ0v) is 10.3. The SMILES string of the molecule is COc1ccc(N(N)c2ccc([N+](=O)[O-])cc2)cc1. The second-order valence-electron chi connectivity index (χ2n) is 3.84. The van der Waals surface area contributed by atoms with Crippen LogP contribution in [0.1, 0.15) is 0 Å². The highest BCUT2D eigenvalue weighted by Gasteiger charge is 2.08. The monoisotopic (exact) mass is 259 g/mol. The second kappa shape index (κ2) is 5.36. The fourth-order valence-corrected chi connectivity index (χ4v) is 1.63. The third kappa shape index (κ3) is 2.80. The molecule has 0 saturated heterocycles. The minimum absolute atomic E-state index is 0.0341. The first kappa shape index (κ1) is 12.8. The molecule has 2 aromatic carbocycles. The minimum atomic E-state index is -0.446. The van der Waals surface area contributed by atoms with Gasteiger partial charge in [0.2, 0.25) is 0 Å². The molecule has 98 valence electrons. The summed E-state index contributed by atoms with van der Waals surface area (Å²) in [4.78, 5) is 10.1. The summed E-state index contributed by atoms with van der Waals surface area (Å²) in [6.45, 7) is 0. The Bertz CT molecular complexity index is 567. The number of hydrogen-bond donors (Lipinski definition) is 1. The first-order valence-corrected chi connectivity index (χ1v) is 5.55. The number of nitro benzene ring substituents is 1. The van der Waals surface area contributed by atoms with Crippen molar-refractivity contribution in [2.24, 2.45) is 5.84 Å². The van der Waals surface area contributed by atoms with E-state index in [0.717, 1.165) is 11.4 Å². The van der Waals surface area contributed by atoms with Gasteiger partial charge in [0.05, 0.1) is 23.4 Å². The molecule has 0 amide bonds. The summed E-state index contributed by atoms with van der Waals surface area (Å²) >= 11 is 0. The van der Waals surface area contributed by atoms with Crippen LogP contribution in [0.4, 0.5) is 17.1 Å². The lowest BCUT2D eigenvalue weighted by Gasteiger charge is -2.18. The highest BCUT2D eigenvalue weighted by Crippen LogP contribution is 2.25. The maximum absolute atomic E-state index is 10.6. The number of rotatable bonds is 4. The quantitative estimate of drug-likeness (QED) is 0.518. The van der Waals surface area contributed by atoms with Crippen LogP contribution in [-0.2, 0) is 0 Å². The summed E-state index contributed by atoms with van der Waals surface area (Å²) in [5, 5.41) is 12.0. The topological polar surface area (TPSA) is 81.6 Å². The van der Waals surface area contributed by atoms with Gasteiger partial charge in [-0.25, -0.2) is 5.84 Å². The molecule has 2 aromatic rings. The fraction of sp³-hybridized carbons (Fsp3) is 0.0769. The lowest BCUT2D eigenvalue weighted by Crippen LogP contribution is -2.24. The minimum Gasteiger partial charge on any atom is -0.497 e. The summed E-state index contributed by atoms with van der Waals surface area (Å²) in [5.74, 6) is 6.69. The molecule has 0 radical (unpaired) electrons. The van der Waals surface area contributed by atoms with Crippen LogP contribution in [-0.4, -0.2) is 12.0 Å². The van der Waals surface area contributed by atoms with Crippen molar-refractivity contribution in [3.63, 3.8) is 0 Å². The Morgan fingerprint density at radius 2 is 1.53 bits per heavy atom. The van der Waals surface area contributed by atoms with Gasteiger partial charge in [0, 0.05) is 12.1 Å². The average Bonchev–Trinajstić information content (AvgIpc) is 2.46. The van der Waals surface area contributed by atoms with Crippen molar-refractivity contribution >= 4 is 17.1 Å². The van der Waals surface area contributed by atoms with Gasteiger partial charge in [-0.3, -0.25) is 15.1 Å². The van der Waals surface area contributed by atoms with Gasteiger partial charge in [-0.05, 0) is 36.4 Å². The number of nitro groups is 1. The van der Waals surface area contributed by atoms with E-state index in [0.29, 0.717) is 5.69 Å². The highest BCUT2D eigenvalue weighted by atomic mass is 16.6. The standard InChI is InChI=1S/C13H13N3O3/c1-19-13-8-6-11(7-9-13)15(14)10-2-4-12(5-3-10)16(17)18/h2-9H,14H2,1H3. The summed E-state index contributed by atoms with van der Waals surface area (Å²) in [7, 11) is 1.59. The van der Waals surface area contributed by atoms with E-state index in [1.807, 2.05) is 0 Å². The van der Waals surface area contributed by atoms with Gasteiger partial charge < -0.3 is 4.74 Å². The lowest BCUT2D eigenvalue weighted by atomic mass is 10.2. The molecule has 2 N–H and O–H groups in total. The van der Waals surface area contributed by atoms with Crippen molar-refractivity contribution in [2.45, 2.75) is 0 Å². The molecule has 0 unspecified atom stereocenters. The number of anilines is 2. The third-order valence-electron chi connectivity index (χ3n) is 2.69. The van der Waals surface area contributed by atoms with E-state index >= 15 is 0 Å². The van der Waals surface area contributed by atoms with Crippen molar-refractivity contribution in [1.29, 1.82) is 0 Å². The first-order valence-electron chi connectivity index (χ1n) is 5.55. The first-order chi connectivity index (χ1) is 9.11. The van der Waals surface area contributed by atoms with E-state index in [1.54, 1.807) is 43.5 Å². The van der Waals surface area contributed by atoms with Crippen LogP contribution in [0.2, 0.25) is 0 Å². The predicted octanol–water partition coefficient (Wildman–Crippen LogP) is 2.62. The Hall–Kier alpha value is -2.60. The van der Waals surface area contributed by atoms with E-state index < -0.39 is 4.92 Å². The van der Waals surface area contributed by atoms with Gasteiger partial charge in [0.25, 0.3) is 5.69 Å². The Labute approximate surface area is 110 Å². The summed E-state index contributed by atoms with van der Waals surface area (Å²) in [5.41, 5.74) is 1.46. The van der Waals surface area contributed by atoms with E-state index in [2.05, 4.69) is 0 Å². The molecule has 0 aromatic heterocycles. The maximum atomic E-state index is 10.6. The number of non-ortho nitro benzene ring substituents is 1. The van der Waals surface area contributed by atoms with Crippen LogP contribution in [0, 0.1) is 10.1 Å². The average molecular weight is 259 g/mol.